The van der Waals surface area contributed by atoms with Crippen LogP contribution in [0.1, 0.15) is 49.9 Å². The van der Waals surface area contributed by atoms with Crippen molar-refractivity contribution in [3.63, 3.8) is 0 Å². The number of rotatable bonds is 6. The normalized spacial score (nSPS) is 11.3. The van der Waals surface area contributed by atoms with Gasteiger partial charge in [-0.25, -0.2) is 0 Å². The largest absolute Gasteiger partial charge is 0.417 e. The van der Waals surface area contributed by atoms with Crippen molar-refractivity contribution in [2.75, 3.05) is 0 Å². The Morgan fingerprint density at radius 1 is 0.720 bits per heavy atom. The predicted molar refractivity (Wildman–Crippen MR) is 95.1 cm³/mol. The standard InChI is InChI=1S/C21H22N2O2/c1-20(2,24-14-22)18-11-7-5-9-16(18)13-17-10-6-8-12-19(17)21(3,4)25-15-23/h5-12H,13H2,1-4H3. The summed E-state index contributed by atoms with van der Waals surface area (Å²) in [5, 5.41) is 17.9. The summed E-state index contributed by atoms with van der Waals surface area (Å²) in [5.74, 6) is 0. The van der Waals surface area contributed by atoms with E-state index in [1.165, 1.54) is 0 Å². The van der Waals surface area contributed by atoms with E-state index in [9.17, 15) is 0 Å². The molecule has 0 spiro atoms. The van der Waals surface area contributed by atoms with Crippen LogP contribution >= 0.6 is 0 Å². The Morgan fingerprint density at radius 2 is 1.08 bits per heavy atom. The van der Waals surface area contributed by atoms with Crippen LogP contribution in [-0.2, 0) is 27.1 Å². The van der Waals surface area contributed by atoms with E-state index >= 15 is 0 Å². The summed E-state index contributed by atoms with van der Waals surface area (Å²) in [6.07, 6.45) is 4.24. The van der Waals surface area contributed by atoms with E-state index in [0.29, 0.717) is 6.42 Å². The molecule has 128 valence electrons. The lowest BCUT2D eigenvalue weighted by Crippen LogP contribution is -2.23. The average molecular weight is 334 g/mol. The van der Waals surface area contributed by atoms with Crippen LogP contribution in [-0.4, -0.2) is 0 Å². The average Bonchev–Trinajstić information content (AvgIpc) is 2.55. The molecule has 0 heterocycles. The maximum Gasteiger partial charge on any atom is 0.287 e. The highest BCUT2D eigenvalue weighted by molar-refractivity contribution is 5.40. The lowest BCUT2D eigenvalue weighted by molar-refractivity contribution is 0.0686. The molecule has 0 amide bonds. The monoisotopic (exact) mass is 334 g/mol. The molecule has 2 rings (SSSR count). The summed E-state index contributed by atoms with van der Waals surface area (Å²) < 4.78 is 10.5. The summed E-state index contributed by atoms with van der Waals surface area (Å²) in [5.41, 5.74) is 2.65. The van der Waals surface area contributed by atoms with Gasteiger partial charge in [-0.15, -0.1) is 0 Å². The second-order valence-electron chi connectivity index (χ2n) is 6.90. The van der Waals surface area contributed by atoms with Crippen LogP contribution in [0.3, 0.4) is 0 Å². The predicted octanol–water partition coefficient (Wildman–Crippen LogP) is 4.74. The first-order valence-electron chi connectivity index (χ1n) is 8.13. The number of hydrogen-bond donors (Lipinski definition) is 0. The van der Waals surface area contributed by atoms with Crippen LogP contribution in [0.15, 0.2) is 48.5 Å². The van der Waals surface area contributed by atoms with Gasteiger partial charge >= 0.3 is 0 Å². The number of nitrogens with zero attached hydrogens (tertiary/aromatic N) is 2. The number of hydrogen-bond acceptors (Lipinski definition) is 4. The highest BCUT2D eigenvalue weighted by Gasteiger charge is 2.28. The summed E-state index contributed by atoms with van der Waals surface area (Å²) >= 11 is 0. The van der Waals surface area contributed by atoms with Crippen molar-refractivity contribution in [1.29, 1.82) is 10.5 Å². The molecule has 2 aromatic carbocycles. The molecular weight excluding hydrogens is 312 g/mol. The molecule has 0 aliphatic heterocycles. The molecule has 0 aromatic heterocycles. The zero-order chi connectivity index (χ0) is 18.5. The van der Waals surface area contributed by atoms with E-state index in [1.54, 1.807) is 12.5 Å². The molecule has 0 bridgehead atoms. The lowest BCUT2D eigenvalue weighted by Gasteiger charge is -2.27. The Balaban J connectivity index is 2.47. The van der Waals surface area contributed by atoms with Crippen LogP contribution in [0.4, 0.5) is 0 Å². The minimum atomic E-state index is -0.709. The fourth-order valence-electron chi connectivity index (χ4n) is 3.07. The van der Waals surface area contributed by atoms with Crippen molar-refractivity contribution >= 4 is 0 Å². The fourth-order valence-corrected chi connectivity index (χ4v) is 3.07. The summed E-state index contributed by atoms with van der Waals surface area (Å²) in [4.78, 5) is 0. The maximum atomic E-state index is 8.93. The van der Waals surface area contributed by atoms with Gasteiger partial charge in [0.05, 0.1) is 0 Å². The quantitative estimate of drug-likeness (QED) is 0.715. The third kappa shape index (κ3) is 4.11. The summed E-state index contributed by atoms with van der Waals surface area (Å²) in [6, 6.07) is 15.9. The molecule has 0 atom stereocenters. The van der Waals surface area contributed by atoms with Gasteiger partial charge in [-0.1, -0.05) is 48.5 Å². The lowest BCUT2D eigenvalue weighted by atomic mass is 9.86. The molecular formula is C21H22N2O2. The smallest absolute Gasteiger partial charge is 0.287 e. The molecule has 0 unspecified atom stereocenters. The zero-order valence-electron chi connectivity index (χ0n) is 15.0. The van der Waals surface area contributed by atoms with Gasteiger partial charge in [0.2, 0.25) is 0 Å². The van der Waals surface area contributed by atoms with Crippen LogP contribution in [0, 0.1) is 23.0 Å². The van der Waals surface area contributed by atoms with Gasteiger partial charge in [-0.05, 0) is 56.4 Å². The Morgan fingerprint density at radius 3 is 1.44 bits per heavy atom. The van der Waals surface area contributed by atoms with Gasteiger partial charge in [0.25, 0.3) is 12.5 Å². The van der Waals surface area contributed by atoms with Crippen molar-refractivity contribution in [3.8, 4) is 12.5 Å². The van der Waals surface area contributed by atoms with Gasteiger partial charge in [0.1, 0.15) is 11.2 Å². The minimum Gasteiger partial charge on any atom is -0.417 e. The Hall–Kier alpha value is -2.98. The second kappa shape index (κ2) is 7.28. The molecule has 0 N–H and O–H groups in total. The third-order valence-electron chi connectivity index (χ3n) is 4.31. The van der Waals surface area contributed by atoms with Crippen LogP contribution in [0.2, 0.25) is 0 Å². The highest BCUT2D eigenvalue weighted by Crippen LogP contribution is 2.32. The van der Waals surface area contributed by atoms with Gasteiger partial charge in [-0.3, -0.25) is 0 Å². The molecule has 25 heavy (non-hydrogen) atoms. The Bertz CT molecular complexity index is 757. The van der Waals surface area contributed by atoms with Crippen molar-refractivity contribution < 1.29 is 9.47 Å². The SMILES string of the molecule is CC(C)(OC#N)c1ccccc1Cc1ccccc1C(C)(C)OC#N. The van der Waals surface area contributed by atoms with Crippen molar-refractivity contribution in [3.05, 3.63) is 70.8 Å². The molecule has 0 saturated heterocycles. The first-order valence-corrected chi connectivity index (χ1v) is 8.13. The van der Waals surface area contributed by atoms with Gasteiger partial charge in [-0.2, -0.15) is 10.5 Å². The first-order chi connectivity index (χ1) is 11.8. The van der Waals surface area contributed by atoms with E-state index in [4.69, 9.17) is 20.0 Å². The van der Waals surface area contributed by atoms with Crippen LogP contribution in [0.5, 0.6) is 0 Å². The minimum absolute atomic E-state index is 0.656. The maximum absolute atomic E-state index is 8.93. The molecule has 0 aliphatic rings. The summed E-state index contributed by atoms with van der Waals surface area (Å²) in [7, 11) is 0. The number of nitriles is 2. The fraction of sp³-hybridized carbons (Fsp3) is 0.333. The van der Waals surface area contributed by atoms with Crippen molar-refractivity contribution in [2.45, 2.75) is 45.3 Å². The Kier molecular flexibility index (Phi) is 5.35. The highest BCUT2D eigenvalue weighted by atomic mass is 16.5. The number of ether oxygens (including phenoxy) is 2. The third-order valence-corrected chi connectivity index (χ3v) is 4.31. The first kappa shape index (κ1) is 18.4. The van der Waals surface area contributed by atoms with Crippen LogP contribution < -0.4 is 0 Å². The summed E-state index contributed by atoms with van der Waals surface area (Å²) in [6.45, 7) is 7.51. The molecule has 0 radical (unpaired) electrons. The molecule has 0 saturated carbocycles. The van der Waals surface area contributed by atoms with Gasteiger partial charge < -0.3 is 9.47 Å². The molecule has 0 fully saturated rings. The van der Waals surface area contributed by atoms with Crippen LogP contribution in [0.25, 0.3) is 0 Å². The zero-order valence-corrected chi connectivity index (χ0v) is 15.0. The molecule has 2 aromatic rings. The van der Waals surface area contributed by atoms with Crippen molar-refractivity contribution in [2.24, 2.45) is 0 Å². The molecule has 4 nitrogen and oxygen atoms in total. The van der Waals surface area contributed by atoms with Gasteiger partial charge in [0, 0.05) is 0 Å². The molecule has 0 aliphatic carbocycles. The molecule has 4 heteroatoms. The van der Waals surface area contributed by atoms with E-state index < -0.39 is 11.2 Å². The van der Waals surface area contributed by atoms with E-state index in [1.807, 2.05) is 76.2 Å². The van der Waals surface area contributed by atoms with Gasteiger partial charge in [0.15, 0.2) is 0 Å². The van der Waals surface area contributed by atoms with Crippen molar-refractivity contribution in [1.82, 2.24) is 0 Å². The van der Waals surface area contributed by atoms with E-state index in [2.05, 4.69) is 0 Å². The topological polar surface area (TPSA) is 66.0 Å². The van der Waals surface area contributed by atoms with E-state index in [-0.39, 0.29) is 0 Å². The Labute approximate surface area is 149 Å². The second-order valence-corrected chi connectivity index (χ2v) is 6.90. The number of benzene rings is 2. The van der Waals surface area contributed by atoms with E-state index in [0.717, 1.165) is 22.3 Å².